The van der Waals surface area contributed by atoms with E-state index in [1.807, 2.05) is 0 Å². The van der Waals surface area contributed by atoms with Crippen molar-refractivity contribution in [3.05, 3.63) is 35.9 Å². The van der Waals surface area contributed by atoms with Crippen LogP contribution in [0.4, 0.5) is 0 Å². The van der Waals surface area contributed by atoms with Gasteiger partial charge in [-0.2, -0.15) is 0 Å². The van der Waals surface area contributed by atoms with Crippen LogP contribution >= 0.6 is 0 Å². The third-order valence-electron chi connectivity index (χ3n) is 2.67. The first-order valence-corrected chi connectivity index (χ1v) is 5.84. The summed E-state index contributed by atoms with van der Waals surface area (Å²) < 4.78 is 0. The number of carboxylic acids is 3. The van der Waals surface area contributed by atoms with Crippen LogP contribution in [0.25, 0.3) is 0 Å². The molecule has 1 radical (unpaired) electrons. The van der Waals surface area contributed by atoms with Crippen LogP contribution in [0.3, 0.4) is 0 Å². The molecule has 7 nitrogen and oxygen atoms in total. The fourth-order valence-corrected chi connectivity index (χ4v) is 1.83. The van der Waals surface area contributed by atoms with Crippen molar-refractivity contribution in [1.82, 2.24) is 4.90 Å². The SMILES string of the molecule is O=C(O)CN(CC(=O)O)[C@@H](Cc1ccccc1)C(=O)O.[Na]. The summed E-state index contributed by atoms with van der Waals surface area (Å²) in [5.41, 5.74) is 0.695. The molecule has 0 aliphatic rings. The first-order valence-electron chi connectivity index (χ1n) is 5.84. The number of carbonyl (C=O) groups is 3. The molecular formula is C13H15NNaO6. The minimum atomic E-state index is -1.27. The third kappa shape index (κ3) is 7.24. The summed E-state index contributed by atoms with van der Waals surface area (Å²) in [6.07, 6.45) is 0.0384. The molecule has 0 aliphatic carbocycles. The number of rotatable bonds is 8. The van der Waals surface area contributed by atoms with E-state index < -0.39 is 37.0 Å². The fourth-order valence-electron chi connectivity index (χ4n) is 1.83. The fraction of sp³-hybridized carbons (Fsp3) is 0.308. The Labute approximate surface area is 143 Å². The van der Waals surface area contributed by atoms with Crippen LogP contribution in [0, 0.1) is 0 Å². The van der Waals surface area contributed by atoms with Gasteiger partial charge in [-0.15, -0.1) is 0 Å². The molecule has 0 bridgehead atoms. The predicted octanol–water partition coefficient (Wildman–Crippen LogP) is -0.227. The van der Waals surface area contributed by atoms with Gasteiger partial charge in [0.25, 0.3) is 0 Å². The monoisotopic (exact) mass is 304 g/mol. The Morgan fingerprint density at radius 3 is 1.81 bits per heavy atom. The summed E-state index contributed by atoms with van der Waals surface area (Å²) in [4.78, 5) is 33.7. The molecule has 1 rings (SSSR count). The van der Waals surface area contributed by atoms with E-state index in [1.165, 1.54) is 0 Å². The van der Waals surface area contributed by atoms with Crippen LogP contribution in [0.5, 0.6) is 0 Å². The van der Waals surface area contributed by atoms with Crippen LogP contribution < -0.4 is 0 Å². The van der Waals surface area contributed by atoms with Crippen molar-refractivity contribution >= 4 is 47.5 Å². The quantitative estimate of drug-likeness (QED) is 0.568. The Balaban J connectivity index is 0.00000400. The average molecular weight is 304 g/mol. The molecule has 0 aliphatic heterocycles. The summed E-state index contributed by atoms with van der Waals surface area (Å²) in [7, 11) is 0. The number of carboxylic acid groups (broad SMARTS) is 3. The number of hydrogen-bond acceptors (Lipinski definition) is 4. The van der Waals surface area contributed by atoms with Crippen molar-refractivity contribution < 1.29 is 29.7 Å². The van der Waals surface area contributed by atoms with Crippen LogP contribution in [-0.4, -0.2) is 86.8 Å². The Morgan fingerprint density at radius 2 is 1.43 bits per heavy atom. The van der Waals surface area contributed by atoms with E-state index in [0.717, 1.165) is 4.90 Å². The Kier molecular flexibility index (Phi) is 8.87. The first-order chi connectivity index (χ1) is 9.40. The molecule has 109 valence electrons. The molecule has 0 saturated heterocycles. The van der Waals surface area contributed by atoms with Gasteiger partial charge in [0, 0.05) is 29.6 Å². The Bertz CT molecular complexity index is 477. The molecule has 1 atom stereocenters. The minimum Gasteiger partial charge on any atom is -0.480 e. The molecular weight excluding hydrogens is 289 g/mol. The predicted molar refractivity (Wildman–Crippen MR) is 74.2 cm³/mol. The average Bonchev–Trinajstić information content (AvgIpc) is 2.35. The van der Waals surface area contributed by atoms with Gasteiger partial charge >= 0.3 is 17.9 Å². The second-order valence-electron chi connectivity index (χ2n) is 4.24. The van der Waals surface area contributed by atoms with Crippen molar-refractivity contribution in [3.8, 4) is 0 Å². The zero-order valence-corrected chi connectivity index (χ0v) is 13.6. The van der Waals surface area contributed by atoms with Gasteiger partial charge in [0.05, 0.1) is 13.1 Å². The van der Waals surface area contributed by atoms with E-state index in [1.54, 1.807) is 30.3 Å². The normalized spacial score (nSPS) is 11.5. The van der Waals surface area contributed by atoms with Gasteiger partial charge in [-0.1, -0.05) is 30.3 Å². The van der Waals surface area contributed by atoms with Gasteiger partial charge < -0.3 is 15.3 Å². The molecule has 1 aromatic rings. The molecule has 0 fully saturated rings. The van der Waals surface area contributed by atoms with Gasteiger partial charge in [-0.3, -0.25) is 19.3 Å². The van der Waals surface area contributed by atoms with E-state index >= 15 is 0 Å². The van der Waals surface area contributed by atoms with Gasteiger partial charge in [-0.25, -0.2) is 0 Å². The molecule has 8 heteroatoms. The largest absolute Gasteiger partial charge is 0.480 e. The smallest absolute Gasteiger partial charge is 0.321 e. The van der Waals surface area contributed by atoms with E-state index in [9.17, 15) is 19.5 Å². The standard InChI is InChI=1S/C13H15NO6.Na/c15-11(16)7-14(8-12(17)18)10(13(19)20)6-9-4-2-1-3-5-9;/h1-5,10H,6-8H2,(H,15,16)(H,17,18)(H,19,20);/t10-;/m0./s1. The van der Waals surface area contributed by atoms with Crippen molar-refractivity contribution in [1.29, 1.82) is 0 Å². The Hall–Kier alpha value is -1.41. The summed E-state index contributed by atoms with van der Waals surface area (Å²) in [6.45, 7) is -1.29. The second-order valence-corrected chi connectivity index (χ2v) is 4.24. The van der Waals surface area contributed by atoms with Gasteiger partial charge in [-0.05, 0) is 12.0 Å². The molecule has 0 unspecified atom stereocenters. The van der Waals surface area contributed by atoms with Gasteiger partial charge in [0.2, 0.25) is 0 Å². The molecule has 0 spiro atoms. The molecule has 0 amide bonds. The molecule has 21 heavy (non-hydrogen) atoms. The maximum Gasteiger partial charge on any atom is 0.321 e. The van der Waals surface area contributed by atoms with E-state index in [2.05, 4.69) is 0 Å². The molecule has 0 saturated carbocycles. The van der Waals surface area contributed by atoms with Crippen molar-refractivity contribution in [2.75, 3.05) is 13.1 Å². The summed E-state index contributed by atoms with van der Waals surface area (Å²) in [5.74, 6) is -3.80. The van der Waals surface area contributed by atoms with Gasteiger partial charge in [0.15, 0.2) is 0 Å². The molecule has 0 aromatic heterocycles. The zero-order valence-electron chi connectivity index (χ0n) is 11.6. The van der Waals surface area contributed by atoms with Crippen molar-refractivity contribution in [2.45, 2.75) is 12.5 Å². The topological polar surface area (TPSA) is 115 Å². The molecule has 0 heterocycles. The van der Waals surface area contributed by atoms with Crippen LogP contribution in [0.1, 0.15) is 5.56 Å². The van der Waals surface area contributed by atoms with E-state index in [-0.39, 0.29) is 36.0 Å². The molecule has 1 aromatic carbocycles. The Morgan fingerprint density at radius 1 is 0.952 bits per heavy atom. The zero-order chi connectivity index (χ0) is 15.1. The van der Waals surface area contributed by atoms with Crippen LogP contribution in [0.2, 0.25) is 0 Å². The summed E-state index contributed by atoms with van der Waals surface area (Å²) in [5, 5.41) is 26.7. The summed E-state index contributed by atoms with van der Waals surface area (Å²) in [6, 6.07) is 7.43. The third-order valence-corrected chi connectivity index (χ3v) is 2.67. The minimum absolute atomic E-state index is 0. The maximum absolute atomic E-state index is 11.3. The number of aliphatic carboxylic acids is 3. The van der Waals surface area contributed by atoms with Gasteiger partial charge in [0.1, 0.15) is 6.04 Å². The number of hydrogen-bond donors (Lipinski definition) is 3. The van der Waals surface area contributed by atoms with Crippen LogP contribution in [-0.2, 0) is 20.8 Å². The maximum atomic E-state index is 11.3. The number of nitrogens with zero attached hydrogens (tertiary/aromatic N) is 1. The van der Waals surface area contributed by atoms with Crippen LogP contribution in [0.15, 0.2) is 30.3 Å². The molecule has 3 N–H and O–H groups in total. The first kappa shape index (κ1) is 19.6. The van der Waals surface area contributed by atoms with E-state index in [4.69, 9.17) is 10.2 Å². The van der Waals surface area contributed by atoms with Crippen molar-refractivity contribution in [3.63, 3.8) is 0 Å². The number of benzene rings is 1. The van der Waals surface area contributed by atoms with Crippen molar-refractivity contribution in [2.24, 2.45) is 0 Å². The van der Waals surface area contributed by atoms with E-state index in [0.29, 0.717) is 5.56 Å². The summed E-state index contributed by atoms with van der Waals surface area (Å²) >= 11 is 0. The second kappa shape index (κ2) is 9.51.